The number of nitrogens with one attached hydrogen (secondary N) is 1. The van der Waals surface area contributed by atoms with E-state index < -0.39 is 24.0 Å². The Labute approximate surface area is 158 Å². The molecule has 2 heterocycles. The number of halogens is 2. The van der Waals surface area contributed by atoms with Crippen LogP contribution in [0.5, 0.6) is 0 Å². The van der Waals surface area contributed by atoms with Gasteiger partial charge in [-0.05, 0) is 36.1 Å². The molecule has 1 aliphatic heterocycles. The molecule has 0 radical (unpaired) electrons. The number of imidazole rings is 1. The first-order valence-corrected chi connectivity index (χ1v) is 8.98. The summed E-state index contributed by atoms with van der Waals surface area (Å²) in [6, 6.07) is 13.4. The number of carbonyl (C=O) groups is 2. The molecule has 1 aromatic heterocycles. The summed E-state index contributed by atoms with van der Waals surface area (Å²) < 4.78 is 28.1. The summed E-state index contributed by atoms with van der Waals surface area (Å²) in [7, 11) is 0. The van der Waals surface area contributed by atoms with E-state index in [2.05, 4.69) is 10.3 Å². The standard InChI is InChI=1S/C20H16F2N4O2/c21-18(22)26-15-8-4-3-7-14(15)23-16(26)11-25-17(27)20(24-19(25)28)10-9-12-5-1-2-6-13(12)20/h1-8,18H,9-11H2,(H,24,28)/t20-/m0/s1. The van der Waals surface area contributed by atoms with Gasteiger partial charge in [-0.1, -0.05) is 36.4 Å². The predicted octanol–water partition coefficient (Wildman–Crippen LogP) is 3.32. The molecule has 1 spiro atoms. The van der Waals surface area contributed by atoms with E-state index in [1.54, 1.807) is 24.3 Å². The smallest absolute Gasteiger partial charge is 0.319 e. The molecule has 1 N–H and O–H groups in total. The highest BCUT2D eigenvalue weighted by Crippen LogP contribution is 2.41. The van der Waals surface area contributed by atoms with Crippen molar-refractivity contribution in [1.29, 1.82) is 0 Å². The van der Waals surface area contributed by atoms with Crippen molar-refractivity contribution in [2.45, 2.75) is 31.5 Å². The zero-order valence-corrected chi connectivity index (χ0v) is 14.7. The molecule has 3 amide bonds. The fourth-order valence-corrected chi connectivity index (χ4v) is 4.30. The zero-order chi connectivity index (χ0) is 19.5. The van der Waals surface area contributed by atoms with E-state index in [1.165, 1.54) is 0 Å². The lowest BCUT2D eigenvalue weighted by Crippen LogP contribution is -2.41. The molecule has 142 valence electrons. The monoisotopic (exact) mass is 382 g/mol. The Hall–Kier alpha value is -3.29. The van der Waals surface area contributed by atoms with E-state index in [-0.39, 0.29) is 17.9 Å². The second kappa shape index (κ2) is 5.85. The molecule has 6 nitrogen and oxygen atoms in total. The van der Waals surface area contributed by atoms with Crippen LogP contribution in [0.2, 0.25) is 0 Å². The lowest BCUT2D eigenvalue weighted by atomic mass is 9.92. The summed E-state index contributed by atoms with van der Waals surface area (Å²) in [5.41, 5.74) is 1.33. The number of aromatic nitrogens is 2. The van der Waals surface area contributed by atoms with Gasteiger partial charge in [0.1, 0.15) is 11.4 Å². The molecule has 5 rings (SSSR count). The van der Waals surface area contributed by atoms with Gasteiger partial charge in [0.25, 0.3) is 5.91 Å². The Morgan fingerprint density at radius 1 is 1.11 bits per heavy atom. The molecule has 8 heteroatoms. The van der Waals surface area contributed by atoms with Gasteiger partial charge in [0.2, 0.25) is 0 Å². The summed E-state index contributed by atoms with van der Waals surface area (Å²) >= 11 is 0. The van der Waals surface area contributed by atoms with Gasteiger partial charge in [-0.2, -0.15) is 8.78 Å². The molecule has 1 aliphatic carbocycles. The van der Waals surface area contributed by atoms with E-state index in [0.29, 0.717) is 18.4 Å². The highest BCUT2D eigenvalue weighted by molar-refractivity contribution is 6.08. The molecule has 0 unspecified atom stereocenters. The summed E-state index contributed by atoms with van der Waals surface area (Å²) in [5, 5.41) is 2.80. The summed E-state index contributed by atoms with van der Waals surface area (Å²) in [4.78, 5) is 31.1. The molecular weight excluding hydrogens is 366 g/mol. The average molecular weight is 382 g/mol. The number of amides is 3. The second-order valence-corrected chi connectivity index (χ2v) is 7.05. The normalized spacial score (nSPS) is 21.2. The Kier molecular flexibility index (Phi) is 3.52. The highest BCUT2D eigenvalue weighted by Gasteiger charge is 2.55. The van der Waals surface area contributed by atoms with Crippen LogP contribution in [-0.4, -0.2) is 26.4 Å². The number of hydrogen-bond acceptors (Lipinski definition) is 3. The summed E-state index contributed by atoms with van der Waals surface area (Å²) in [6.45, 7) is -3.14. The number of hydrogen-bond donors (Lipinski definition) is 1. The molecule has 1 saturated heterocycles. The first-order chi connectivity index (χ1) is 13.5. The summed E-state index contributed by atoms with van der Waals surface area (Å²) in [5.74, 6) is -0.446. The van der Waals surface area contributed by atoms with Gasteiger partial charge in [-0.3, -0.25) is 14.3 Å². The van der Waals surface area contributed by atoms with E-state index in [1.807, 2.05) is 24.3 Å². The Morgan fingerprint density at radius 2 is 1.86 bits per heavy atom. The Morgan fingerprint density at radius 3 is 2.68 bits per heavy atom. The number of rotatable bonds is 3. The van der Waals surface area contributed by atoms with Crippen molar-refractivity contribution in [2.75, 3.05) is 0 Å². The number of imide groups is 1. The van der Waals surface area contributed by atoms with Crippen molar-refractivity contribution >= 4 is 23.0 Å². The number of aryl methyl sites for hydroxylation is 1. The number of benzene rings is 2. The van der Waals surface area contributed by atoms with E-state index in [4.69, 9.17) is 0 Å². The lowest BCUT2D eigenvalue weighted by Gasteiger charge is -2.22. The van der Waals surface area contributed by atoms with Gasteiger partial charge in [0.05, 0.1) is 17.6 Å². The molecule has 2 aliphatic rings. The number of alkyl halides is 2. The minimum absolute atomic E-state index is 0.0250. The van der Waals surface area contributed by atoms with Crippen molar-refractivity contribution in [3.05, 3.63) is 65.5 Å². The van der Waals surface area contributed by atoms with Gasteiger partial charge in [0, 0.05) is 0 Å². The number of nitrogens with zero attached hydrogens (tertiary/aromatic N) is 3. The number of carbonyl (C=O) groups excluding carboxylic acids is 2. The maximum atomic E-state index is 13.7. The topological polar surface area (TPSA) is 67.2 Å². The molecule has 28 heavy (non-hydrogen) atoms. The zero-order valence-electron chi connectivity index (χ0n) is 14.7. The van der Waals surface area contributed by atoms with Crippen LogP contribution in [0.3, 0.4) is 0 Å². The van der Waals surface area contributed by atoms with E-state index in [9.17, 15) is 18.4 Å². The van der Waals surface area contributed by atoms with Gasteiger partial charge in [0.15, 0.2) is 0 Å². The van der Waals surface area contributed by atoms with Crippen molar-refractivity contribution in [1.82, 2.24) is 19.8 Å². The maximum absolute atomic E-state index is 13.7. The molecule has 0 saturated carbocycles. The Bertz CT molecular complexity index is 1130. The van der Waals surface area contributed by atoms with Crippen LogP contribution in [0.25, 0.3) is 11.0 Å². The molecule has 2 aromatic carbocycles. The number of urea groups is 1. The van der Waals surface area contributed by atoms with Crippen molar-refractivity contribution in [2.24, 2.45) is 0 Å². The van der Waals surface area contributed by atoms with Crippen LogP contribution in [-0.2, 0) is 23.3 Å². The van der Waals surface area contributed by atoms with E-state index >= 15 is 0 Å². The highest BCUT2D eigenvalue weighted by atomic mass is 19.3. The van der Waals surface area contributed by atoms with Crippen LogP contribution >= 0.6 is 0 Å². The largest absolute Gasteiger partial charge is 0.325 e. The third kappa shape index (κ3) is 2.20. The predicted molar refractivity (Wildman–Crippen MR) is 96.5 cm³/mol. The molecule has 1 fully saturated rings. The third-order valence-corrected chi connectivity index (χ3v) is 5.59. The quantitative estimate of drug-likeness (QED) is 0.707. The first kappa shape index (κ1) is 16.9. The maximum Gasteiger partial charge on any atom is 0.325 e. The fraction of sp³-hybridized carbons (Fsp3) is 0.250. The lowest BCUT2D eigenvalue weighted by molar-refractivity contribution is -0.132. The average Bonchev–Trinajstić information content (AvgIpc) is 3.31. The number of para-hydroxylation sites is 2. The van der Waals surface area contributed by atoms with Crippen molar-refractivity contribution in [3.63, 3.8) is 0 Å². The Balaban J connectivity index is 1.54. The molecule has 3 aromatic rings. The number of fused-ring (bicyclic) bond motifs is 3. The fourth-order valence-electron chi connectivity index (χ4n) is 4.30. The van der Waals surface area contributed by atoms with Crippen molar-refractivity contribution < 1.29 is 18.4 Å². The van der Waals surface area contributed by atoms with Crippen molar-refractivity contribution in [3.8, 4) is 0 Å². The third-order valence-electron chi connectivity index (χ3n) is 5.59. The molecular formula is C20H16F2N4O2. The van der Waals surface area contributed by atoms with Crippen LogP contribution in [0.15, 0.2) is 48.5 Å². The second-order valence-electron chi connectivity index (χ2n) is 7.05. The van der Waals surface area contributed by atoms with Gasteiger partial charge < -0.3 is 5.32 Å². The molecule has 1 atom stereocenters. The minimum atomic E-state index is -2.83. The SMILES string of the molecule is O=C1N[C@]2(CCc3ccccc32)C(=O)N1Cc1nc2ccccc2n1C(F)F. The van der Waals surface area contributed by atoms with Gasteiger partial charge >= 0.3 is 12.6 Å². The molecule has 0 bridgehead atoms. The van der Waals surface area contributed by atoms with Crippen LogP contribution in [0.1, 0.15) is 29.9 Å². The van der Waals surface area contributed by atoms with Gasteiger partial charge in [-0.15, -0.1) is 0 Å². The minimum Gasteiger partial charge on any atom is -0.319 e. The van der Waals surface area contributed by atoms with Crippen LogP contribution in [0.4, 0.5) is 13.6 Å². The van der Waals surface area contributed by atoms with E-state index in [0.717, 1.165) is 20.6 Å². The summed E-state index contributed by atoms with van der Waals surface area (Å²) in [6.07, 6.45) is 1.13. The van der Waals surface area contributed by atoms with Crippen LogP contribution in [0, 0.1) is 0 Å². The van der Waals surface area contributed by atoms with Crippen LogP contribution < -0.4 is 5.32 Å². The van der Waals surface area contributed by atoms with Gasteiger partial charge in [-0.25, -0.2) is 9.78 Å². The first-order valence-electron chi connectivity index (χ1n) is 8.98.